The summed E-state index contributed by atoms with van der Waals surface area (Å²) >= 11 is 0. The molecule has 0 aliphatic heterocycles. The minimum absolute atomic E-state index is 0.0892. The van der Waals surface area contributed by atoms with Gasteiger partial charge in [-0.2, -0.15) is 0 Å². The molecule has 426 valence electrons. The fourth-order valence-electron chi connectivity index (χ4n) is 8.38. The van der Waals surface area contributed by atoms with E-state index in [1.54, 1.807) is 0 Å². The maximum atomic E-state index is 12.8. The third kappa shape index (κ3) is 60.6. The molecule has 6 nitrogen and oxygen atoms in total. The molecule has 0 heterocycles. The molecule has 0 radical (unpaired) electrons. The number of ether oxygens (including phenoxy) is 3. The normalized spacial score (nSPS) is 12.9. The van der Waals surface area contributed by atoms with Crippen LogP contribution in [-0.4, -0.2) is 37.2 Å². The van der Waals surface area contributed by atoms with Gasteiger partial charge in [0.2, 0.25) is 0 Å². The van der Waals surface area contributed by atoms with Gasteiger partial charge in [-0.3, -0.25) is 14.4 Å². The summed E-state index contributed by atoms with van der Waals surface area (Å²) in [4.78, 5) is 38.1. The Morgan fingerprint density at radius 2 is 0.520 bits per heavy atom. The Labute approximate surface area is 462 Å². The van der Waals surface area contributed by atoms with Gasteiger partial charge in [0.25, 0.3) is 0 Å². The molecule has 0 saturated heterocycles. The third-order valence-corrected chi connectivity index (χ3v) is 13.0. The van der Waals surface area contributed by atoms with Gasteiger partial charge in [-0.1, -0.05) is 271 Å². The highest BCUT2D eigenvalue weighted by molar-refractivity contribution is 5.71. The third-order valence-electron chi connectivity index (χ3n) is 13.0. The first-order valence-electron chi connectivity index (χ1n) is 31.0. The van der Waals surface area contributed by atoms with Crippen LogP contribution in [0.3, 0.4) is 0 Å². The lowest BCUT2D eigenvalue weighted by Crippen LogP contribution is -2.30. The highest BCUT2D eigenvalue weighted by atomic mass is 16.6. The monoisotopic (exact) mass is 1040 g/mol. The zero-order valence-electron chi connectivity index (χ0n) is 48.8. The smallest absolute Gasteiger partial charge is 0.306 e. The molecule has 0 aliphatic rings. The molecule has 0 saturated carbocycles. The molecule has 1 atom stereocenters. The van der Waals surface area contributed by atoms with Gasteiger partial charge < -0.3 is 14.2 Å². The second-order valence-corrected chi connectivity index (χ2v) is 20.2. The summed E-state index contributed by atoms with van der Waals surface area (Å²) in [5.41, 5.74) is 0. The number of hydrogen-bond acceptors (Lipinski definition) is 6. The lowest BCUT2D eigenvalue weighted by atomic mass is 10.0. The van der Waals surface area contributed by atoms with E-state index in [0.717, 1.165) is 135 Å². The van der Waals surface area contributed by atoms with Gasteiger partial charge in [-0.05, 0) is 109 Å². The number of carbonyl (C=O) groups excluding carboxylic acids is 3. The number of allylic oxidation sites excluding steroid dienone is 20. The van der Waals surface area contributed by atoms with Crippen LogP contribution in [0.1, 0.15) is 278 Å². The molecule has 0 N–H and O–H groups in total. The first kappa shape index (κ1) is 70.8. The average Bonchev–Trinajstić information content (AvgIpc) is 3.41. The highest BCUT2D eigenvalue weighted by Crippen LogP contribution is 2.16. The lowest BCUT2D eigenvalue weighted by Gasteiger charge is -2.18. The molecule has 0 amide bonds. The highest BCUT2D eigenvalue weighted by Gasteiger charge is 2.19. The quantitative estimate of drug-likeness (QED) is 0.0261. The van der Waals surface area contributed by atoms with Gasteiger partial charge in [0.15, 0.2) is 6.10 Å². The molecule has 0 aromatic heterocycles. The number of rotatable bonds is 55. The Balaban J connectivity index is 4.20. The van der Waals surface area contributed by atoms with E-state index < -0.39 is 6.10 Å². The summed E-state index contributed by atoms with van der Waals surface area (Å²) in [6.45, 7) is 6.36. The van der Waals surface area contributed by atoms with Gasteiger partial charge >= 0.3 is 17.9 Å². The molecule has 0 aliphatic carbocycles. The molecular weight excluding hydrogens is 925 g/mol. The number of carbonyl (C=O) groups is 3. The van der Waals surface area contributed by atoms with Gasteiger partial charge in [0, 0.05) is 19.3 Å². The maximum absolute atomic E-state index is 12.8. The Bertz CT molecular complexity index is 1570. The zero-order valence-corrected chi connectivity index (χ0v) is 48.8. The van der Waals surface area contributed by atoms with E-state index in [1.165, 1.54) is 103 Å². The van der Waals surface area contributed by atoms with E-state index in [1.807, 2.05) is 0 Å². The van der Waals surface area contributed by atoms with Crippen LogP contribution in [0.15, 0.2) is 122 Å². The Morgan fingerprint density at radius 3 is 0.813 bits per heavy atom. The Hall–Kier alpha value is -4.19. The van der Waals surface area contributed by atoms with E-state index in [-0.39, 0.29) is 31.1 Å². The summed E-state index contributed by atoms with van der Waals surface area (Å²) in [6.07, 6.45) is 86.5. The van der Waals surface area contributed by atoms with E-state index in [2.05, 4.69) is 142 Å². The van der Waals surface area contributed by atoms with Crippen LogP contribution in [0, 0.1) is 0 Å². The van der Waals surface area contributed by atoms with E-state index in [4.69, 9.17) is 14.2 Å². The number of unbranched alkanes of at least 4 members (excludes halogenated alkanes) is 24. The molecule has 0 rings (SSSR count). The molecule has 75 heavy (non-hydrogen) atoms. The van der Waals surface area contributed by atoms with Crippen molar-refractivity contribution in [3.05, 3.63) is 122 Å². The summed E-state index contributed by atoms with van der Waals surface area (Å²) in [5.74, 6) is -0.919. The zero-order chi connectivity index (χ0) is 54.3. The molecular formula is C69H114O6. The summed E-state index contributed by atoms with van der Waals surface area (Å²) < 4.78 is 16.8. The van der Waals surface area contributed by atoms with Crippen LogP contribution in [0.25, 0.3) is 0 Å². The maximum Gasteiger partial charge on any atom is 0.306 e. The van der Waals surface area contributed by atoms with Crippen molar-refractivity contribution in [2.75, 3.05) is 13.2 Å². The Morgan fingerprint density at radius 1 is 0.280 bits per heavy atom. The topological polar surface area (TPSA) is 78.9 Å². The van der Waals surface area contributed by atoms with Crippen LogP contribution in [0.2, 0.25) is 0 Å². The summed E-state index contributed by atoms with van der Waals surface area (Å²) in [5, 5.41) is 0. The molecule has 1 unspecified atom stereocenters. The van der Waals surface area contributed by atoms with E-state index in [9.17, 15) is 14.4 Å². The summed E-state index contributed by atoms with van der Waals surface area (Å²) in [6, 6.07) is 0. The van der Waals surface area contributed by atoms with Gasteiger partial charge in [-0.25, -0.2) is 0 Å². The van der Waals surface area contributed by atoms with Gasteiger partial charge in [-0.15, -0.1) is 0 Å². The van der Waals surface area contributed by atoms with E-state index in [0.29, 0.717) is 19.3 Å². The van der Waals surface area contributed by atoms with E-state index >= 15 is 0 Å². The average molecular weight is 1040 g/mol. The SMILES string of the molecule is CC/C=C\C/C=C\C/C=C\C/C=C\C/C=C\C/C=C\CCCCCCC(=O)OC(COC(=O)CCCCCCCCC)COC(=O)CCCCCCCCCCCCCCCC/C=C\C/C=C\C/C=C\C/C=C\CC. The second kappa shape index (κ2) is 62.4. The minimum atomic E-state index is -0.792. The molecule has 0 aromatic carbocycles. The predicted octanol–water partition coefficient (Wildman–Crippen LogP) is 21.2. The van der Waals surface area contributed by atoms with Crippen molar-refractivity contribution < 1.29 is 28.6 Å². The van der Waals surface area contributed by atoms with Crippen molar-refractivity contribution >= 4 is 17.9 Å². The largest absolute Gasteiger partial charge is 0.462 e. The van der Waals surface area contributed by atoms with Crippen molar-refractivity contribution in [3.8, 4) is 0 Å². The van der Waals surface area contributed by atoms with Crippen LogP contribution < -0.4 is 0 Å². The minimum Gasteiger partial charge on any atom is -0.462 e. The van der Waals surface area contributed by atoms with Crippen molar-refractivity contribution in [2.24, 2.45) is 0 Å². The van der Waals surface area contributed by atoms with Crippen molar-refractivity contribution in [1.82, 2.24) is 0 Å². The van der Waals surface area contributed by atoms with Crippen molar-refractivity contribution in [3.63, 3.8) is 0 Å². The standard InChI is InChI=1S/C69H114O6/c1-4-7-10-13-16-18-20-22-24-26-28-30-32-33-34-35-37-38-40-42-44-46-48-50-53-56-59-62-68(71)74-65-66(64-73-67(70)61-58-55-52-15-12-9-6-3)75-69(72)63-60-57-54-51-49-47-45-43-41-39-36-31-29-27-25-23-21-19-17-14-11-8-5-2/h7-8,10-11,16-19,22-25,28-31,39,41,45,47,66H,4-6,9,12-15,20-21,26-27,32-38,40,42-44,46,48-65H2,1-3H3/b10-7-,11-8-,18-16-,19-17-,24-22-,25-23-,30-28-,31-29-,41-39-,47-45-. The van der Waals surface area contributed by atoms with Gasteiger partial charge in [0.05, 0.1) is 0 Å². The van der Waals surface area contributed by atoms with Crippen LogP contribution in [-0.2, 0) is 28.6 Å². The molecule has 0 bridgehead atoms. The number of esters is 3. The van der Waals surface area contributed by atoms with Crippen molar-refractivity contribution in [2.45, 2.75) is 284 Å². The second-order valence-electron chi connectivity index (χ2n) is 20.2. The fourth-order valence-corrected chi connectivity index (χ4v) is 8.38. The first-order chi connectivity index (χ1) is 37.0. The molecule has 0 aromatic rings. The summed E-state index contributed by atoms with van der Waals surface area (Å²) in [7, 11) is 0. The van der Waals surface area contributed by atoms with Crippen LogP contribution >= 0.6 is 0 Å². The predicted molar refractivity (Wildman–Crippen MR) is 325 cm³/mol. The first-order valence-corrected chi connectivity index (χ1v) is 31.0. The molecule has 0 spiro atoms. The number of hydrogen-bond donors (Lipinski definition) is 0. The van der Waals surface area contributed by atoms with Crippen LogP contribution in [0.4, 0.5) is 0 Å². The lowest BCUT2D eigenvalue weighted by molar-refractivity contribution is -0.167. The molecule has 6 heteroatoms. The fraction of sp³-hybridized carbons (Fsp3) is 0.667. The molecule has 0 fully saturated rings. The van der Waals surface area contributed by atoms with Crippen LogP contribution in [0.5, 0.6) is 0 Å². The van der Waals surface area contributed by atoms with Crippen molar-refractivity contribution in [1.29, 1.82) is 0 Å². The Kier molecular flexibility index (Phi) is 58.9. The van der Waals surface area contributed by atoms with Gasteiger partial charge in [0.1, 0.15) is 13.2 Å².